The predicted molar refractivity (Wildman–Crippen MR) is 415 cm³/mol. The number of carbonyl (C=O) groups is 6. The number of methoxy groups -OCH3 is 2. The van der Waals surface area contributed by atoms with Gasteiger partial charge in [-0.05, 0) is 115 Å². The number of morpholine rings is 2. The molecule has 0 spiro atoms. The number of hydrogen-bond donors (Lipinski definition) is 3. The number of ether oxygens (including phenoxy) is 6. The number of halogens is 4. The van der Waals surface area contributed by atoms with Gasteiger partial charge < -0.3 is 58.9 Å². The van der Waals surface area contributed by atoms with Crippen molar-refractivity contribution in [1.82, 2.24) is 50.0 Å². The number of aliphatic carboxylic acids is 1. The van der Waals surface area contributed by atoms with Gasteiger partial charge in [0, 0.05) is 164 Å². The number of aliphatic imine (C=N–C) groups is 2. The van der Waals surface area contributed by atoms with Gasteiger partial charge >= 0.3 is 30.0 Å². The van der Waals surface area contributed by atoms with Crippen LogP contribution in [0.3, 0.4) is 0 Å². The monoisotopic (exact) mass is 1600 g/mol. The average Bonchev–Trinajstić information content (AvgIpc) is 1.11. The third kappa shape index (κ3) is 16.9. The summed E-state index contributed by atoms with van der Waals surface area (Å²) < 4.78 is 61.4. The molecule has 580 valence electrons. The van der Waals surface area contributed by atoms with E-state index in [-0.39, 0.29) is 57.9 Å². The van der Waals surface area contributed by atoms with Gasteiger partial charge in [0.25, 0.3) is 5.91 Å². The number of hydrogen-bond acceptors (Lipinski definition) is 23. The Morgan fingerprint density at radius 2 is 1.00 bits per heavy atom. The molecule has 27 nitrogen and oxygen atoms in total. The van der Waals surface area contributed by atoms with Gasteiger partial charge in [0.05, 0.1) is 63.9 Å². The molecule has 0 aliphatic carbocycles. The van der Waals surface area contributed by atoms with Crippen molar-refractivity contribution in [2.75, 3.05) is 136 Å². The predicted octanol–water partition coefficient (Wildman–Crippen LogP) is 10.5. The zero-order chi connectivity index (χ0) is 77.7. The van der Waals surface area contributed by atoms with Crippen LogP contribution in [0, 0.1) is 11.6 Å². The maximum Gasteiger partial charge on any atom is 0.338 e. The number of piperazine rings is 2. The first-order valence-corrected chi connectivity index (χ1v) is 38.7. The largest absolute Gasteiger partial charge is 0.480 e. The van der Waals surface area contributed by atoms with Crippen LogP contribution in [-0.4, -0.2) is 236 Å². The topological polar surface area (TPSA) is 279 Å². The number of benzene rings is 6. The number of nitrogens with zero attached hydrogens (tertiary/aromatic N) is 12. The number of carboxylic acids is 1. The molecule has 3 N–H and O–H groups in total. The molecule has 0 radical (unpaired) electrons. The fourth-order valence-corrected chi connectivity index (χ4v) is 16.6. The van der Waals surface area contributed by atoms with Crippen molar-refractivity contribution >= 4 is 105 Å². The van der Waals surface area contributed by atoms with E-state index in [1.54, 1.807) is 51.4 Å². The Bertz CT molecular complexity index is 4970. The highest BCUT2D eigenvalue weighted by Crippen LogP contribution is 2.41. The lowest BCUT2D eigenvalue weighted by Crippen LogP contribution is -2.53. The number of carboxylic acid groups (broad SMARTS) is 1. The minimum atomic E-state index is -0.894. The minimum Gasteiger partial charge on any atom is -0.480 e. The highest BCUT2D eigenvalue weighted by molar-refractivity contribution is 7.12. The van der Waals surface area contributed by atoms with Crippen molar-refractivity contribution in [3.05, 3.63) is 233 Å². The molecule has 5 atom stereocenters. The molecule has 0 saturated carbocycles. The smallest absolute Gasteiger partial charge is 0.338 e. The summed E-state index contributed by atoms with van der Waals surface area (Å²) in [5, 5.41) is 21.4. The van der Waals surface area contributed by atoms with Gasteiger partial charge in [-0.25, -0.2) is 37.9 Å². The van der Waals surface area contributed by atoms with E-state index >= 15 is 0 Å². The molecule has 6 aromatic carbocycles. The van der Waals surface area contributed by atoms with Crippen molar-refractivity contribution in [1.29, 1.82) is 0 Å². The molecule has 16 rings (SSSR count). The van der Waals surface area contributed by atoms with Crippen LogP contribution in [0.1, 0.15) is 49.1 Å². The Morgan fingerprint density at radius 3 is 1.43 bits per heavy atom. The number of fused-ring (bicyclic) bond motifs is 2. The fourth-order valence-electron chi connectivity index (χ4n) is 14.9. The number of amidine groups is 2. The third-order valence-electron chi connectivity index (χ3n) is 20.5. The first-order valence-electron chi connectivity index (χ1n) is 36.2. The summed E-state index contributed by atoms with van der Waals surface area (Å²) >= 11 is 15.8. The second kappa shape index (κ2) is 34.1. The van der Waals surface area contributed by atoms with Crippen LogP contribution < -0.4 is 29.9 Å². The fraction of sp³-hybridized carbons (Fsp3) is 0.316. The van der Waals surface area contributed by atoms with Crippen molar-refractivity contribution in [3.8, 4) is 23.0 Å². The number of anilines is 2. The van der Waals surface area contributed by atoms with Crippen LogP contribution in [0.2, 0.25) is 10.0 Å². The van der Waals surface area contributed by atoms with E-state index in [4.69, 9.17) is 61.6 Å². The molecule has 33 heteroatoms. The number of urea groups is 2. The summed E-state index contributed by atoms with van der Waals surface area (Å²) in [6.45, 7) is 8.76. The van der Waals surface area contributed by atoms with Crippen molar-refractivity contribution in [2.45, 2.75) is 36.8 Å². The molecule has 8 aliphatic heterocycles. The number of amides is 5. The van der Waals surface area contributed by atoms with Gasteiger partial charge in [0.2, 0.25) is 0 Å². The highest BCUT2D eigenvalue weighted by atomic mass is 35.5. The van der Waals surface area contributed by atoms with Crippen molar-refractivity contribution in [3.63, 3.8) is 0 Å². The van der Waals surface area contributed by atoms with E-state index in [1.807, 2.05) is 98.3 Å². The zero-order valence-electron chi connectivity index (χ0n) is 60.7. The van der Waals surface area contributed by atoms with Crippen LogP contribution in [0.5, 0.6) is 23.0 Å². The zero-order valence-corrected chi connectivity index (χ0v) is 63.8. The molecular weight excluding hydrogens is 1530 g/mol. The summed E-state index contributed by atoms with van der Waals surface area (Å²) in [6.07, 6.45) is 3.34. The molecule has 8 aromatic rings. The van der Waals surface area contributed by atoms with Gasteiger partial charge in [0.1, 0.15) is 52.8 Å². The number of rotatable bonds is 20. The lowest BCUT2D eigenvalue weighted by Gasteiger charge is -2.38. The van der Waals surface area contributed by atoms with E-state index in [0.717, 1.165) is 16.9 Å². The molecule has 112 heavy (non-hydrogen) atoms. The lowest BCUT2D eigenvalue weighted by molar-refractivity contribution is -0.150. The lowest BCUT2D eigenvalue weighted by atomic mass is 9.95. The number of thiazole rings is 2. The number of aromatic nitrogens is 2. The Hall–Kier alpha value is -10.7. The summed E-state index contributed by atoms with van der Waals surface area (Å²) in [5.74, 6) is 0.258. The van der Waals surface area contributed by atoms with Gasteiger partial charge in [-0.2, -0.15) is 0 Å². The standard InChI is InChI=1S/C40H39ClFN7O7S.C39H37ClFN7O6S/c1-54-39(52)34-32(44-36(37-43-12-17-57-37)45-35(34)30-11-4-25(42)18-31(30)41)22-46-13-14-48-27(20-46)21-49(40(48)53)26-5-9-29(10-6-26)56-28-7-2-24(3-8-28)19-47-15-16-55-23-33(47)38(50)51;1-52-38(50)33-32(43-35(36-42-12-19-55-36)44-34(33)30-11-4-25(41)20-31(30)40)23-45-13-14-47-27(21-45)22-48(39(47)51)26-5-9-29(10-6-26)54-28-7-2-24(3-8-28)37(49)46-15-17-53-18-16-46/h2-12,17-18,27,33,35H,13-16,19-23H2,1H3,(H,44,45)(H,50,51);2-12,19-20,27,34H,13-18,21-23H2,1H3,(H,43,44)/t27-,33-,35-;27-,34-/m00/s1. The van der Waals surface area contributed by atoms with Crippen LogP contribution in [0.25, 0.3) is 0 Å². The summed E-state index contributed by atoms with van der Waals surface area (Å²) in [7, 11) is 2.61. The normalized spacial score (nSPS) is 20.9. The SMILES string of the molecule is COC(=O)C1=C(CN2CCN3C(=O)N(c4ccc(Oc5ccc(C(=O)N6CCOCC6)cc5)cc4)C[C@@H]3C2)NC(c2nccs2)=N[C@H]1c1ccc(F)cc1Cl.COC(=O)C1=C(CN2CCN3C(=O)N(c4ccc(Oc5ccc(CN6CCOC[C@H]6C(=O)O)cc5)cc4)C[C@@H]3C2)NC(c2nccs2)=N[C@H]1c1ccc(F)cc1Cl. The first-order chi connectivity index (χ1) is 54.4. The average molecular weight is 1600 g/mol. The second-order valence-electron chi connectivity index (χ2n) is 27.4. The van der Waals surface area contributed by atoms with Crippen molar-refractivity contribution in [2.24, 2.45) is 9.98 Å². The molecular formula is C79H76Cl2F2N14O13S2. The van der Waals surface area contributed by atoms with E-state index in [2.05, 4.69) is 30.4 Å². The number of carbonyl (C=O) groups excluding carboxylic acids is 5. The molecule has 5 amide bonds. The Kier molecular flexibility index (Phi) is 23.3. The van der Waals surface area contributed by atoms with Gasteiger partial charge in [-0.1, -0.05) is 47.5 Å². The van der Waals surface area contributed by atoms with Crippen LogP contribution in [0.15, 0.2) is 189 Å². The molecule has 6 fully saturated rings. The Balaban J connectivity index is 0.000000177. The number of esters is 2. The molecule has 10 heterocycles. The van der Waals surface area contributed by atoms with E-state index in [0.29, 0.717) is 184 Å². The van der Waals surface area contributed by atoms with Crippen LogP contribution in [-0.2, 0) is 39.9 Å². The van der Waals surface area contributed by atoms with Gasteiger partial charge in [0.15, 0.2) is 21.7 Å². The molecule has 6 saturated heterocycles. The van der Waals surface area contributed by atoms with E-state index in [1.165, 1.54) is 73.3 Å². The second-order valence-corrected chi connectivity index (χ2v) is 30.0. The summed E-state index contributed by atoms with van der Waals surface area (Å²) in [6, 6.07) is 34.6. The van der Waals surface area contributed by atoms with Gasteiger partial charge in [-0.15, -0.1) is 22.7 Å². The first kappa shape index (κ1) is 76.6. The molecule has 0 unspecified atom stereocenters. The quantitative estimate of drug-likeness (QED) is 0.0598. The minimum absolute atomic E-state index is 0.0289. The summed E-state index contributed by atoms with van der Waals surface area (Å²) in [4.78, 5) is 112. The Morgan fingerprint density at radius 1 is 0.554 bits per heavy atom. The van der Waals surface area contributed by atoms with Gasteiger partial charge in [-0.3, -0.25) is 44.1 Å². The number of nitrogens with one attached hydrogen (secondary N) is 2. The van der Waals surface area contributed by atoms with E-state index < -0.39 is 47.7 Å². The third-order valence-corrected chi connectivity index (χ3v) is 22.7. The van der Waals surface area contributed by atoms with Crippen molar-refractivity contribution < 1.29 is 71.1 Å². The molecule has 2 aromatic heterocycles. The molecule has 8 aliphatic rings. The highest BCUT2D eigenvalue weighted by Gasteiger charge is 2.45. The maximum absolute atomic E-state index is 14.1. The molecule has 0 bridgehead atoms. The van der Waals surface area contributed by atoms with Crippen LogP contribution in [0.4, 0.5) is 29.7 Å². The van der Waals surface area contributed by atoms with E-state index in [9.17, 15) is 42.7 Å². The van der Waals surface area contributed by atoms with Crippen LogP contribution >= 0.6 is 45.9 Å². The Labute approximate surface area is 660 Å². The maximum atomic E-state index is 14.1. The summed E-state index contributed by atoms with van der Waals surface area (Å²) in [5.41, 5.74) is 5.64.